The van der Waals surface area contributed by atoms with Crippen molar-refractivity contribution in [2.24, 2.45) is 0 Å². The van der Waals surface area contributed by atoms with Crippen LogP contribution < -0.4 is 0 Å². The van der Waals surface area contributed by atoms with Gasteiger partial charge in [0.2, 0.25) is 5.91 Å². The summed E-state index contributed by atoms with van der Waals surface area (Å²) in [6.07, 6.45) is 4.31. The van der Waals surface area contributed by atoms with Gasteiger partial charge >= 0.3 is 0 Å². The monoisotopic (exact) mass is 341 g/mol. The van der Waals surface area contributed by atoms with Crippen LogP contribution in [0.25, 0.3) is 0 Å². The summed E-state index contributed by atoms with van der Waals surface area (Å²) in [4.78, 5) is 16.0. The first-order chi connectivity index (χ1) is 11.8. The molecule has 1 aromatic carbocycles. The summed E-state index contributed by atoms with van der Waals surface area (Å²) in [5.74, 6) is 0.274. The van der Waals surface area contributed by atoms with Gasteiger partial charge in [-0.25, -0.2) is 0 Å². The summed E-state index contributed by atoms with van der Waals surface area (Å²) >= 11 is 1.82. The first kappa shape index (κ1) is 15.9. The van der Waals surface area contributed by atoms with Crippen LogP contribution in [-0.2, 0) is 28.0 Å². The Labute approximate surface area is 147 Å². The topological polar surface area (TPSA) is 29.5 Å². The molecule has 0 N–H and O–H groups in total. The van der Waals surface area contributed by atoms with E-state index in [1.807, 2.05) is 34.4 Å². The van der Waals surface area contributed by atoms with Gasteiger partial charge in [0.1, 0.15) is 5.60 Å². The van der Waals surface area contributed by atoms with Crippen LogP contribution in [0.4, 0.5) is 0 Å². The van der Waals surface area contributed by atoms with Crippen molar-refractivity contribution in [1.82, 2.24) is 4.90 Å². The molecule has 0 aliphatic carbocycles. The van der Waals surface area contributed by atoms with Crippen LogP contribution in [0.1, 0.15) is 35.3 Å². The number of amides is 1. The second-order valence-electron chi connectivity index (χ2n) is 6.73. The zero-order chi connectivity index (χ0) is 16.4. The van der Waals surface area contributed by atoms with Crippen LogP contribution in [0.5, 0.6) is 0 Å². The maximum atomic E-state index is 12.5. The third kappa shape index (κ3) is 3.01. The minimum Gasteiger partial charge on any atom is -0.369 e. The normalized spacial score (nSPS) is 19.2. The van der Waals surface area contributed by atoms with Crippen molar-refractivity contribution in [3.8, 4) is 0 Å². The molecule has 3 heterocycles. The minimum atomic E-state index is -0.127. The average Bonchev–Trinajstić information content (AvgIpc) is 3.12. The fourth-order valence-electron chi connectivity index (χ4n) is 3.90. The van der Waals surface area contributed by atoms with Gasteiger partial charge in [0, 0.05) is 24.4 Å². The van der Waals surface area contributed by atoms with Crippen LogP contribution in [0.15, 0.2) is 41.8 Å². The molecule has 1 amide bonds. The molecule has 1 spiro atoms. The lowest BCUT2D eigenvalue weighted by atomic mass is 9.85. The molecule has 4 rings (SSSR count). The summed E-state index contributed by atoms with van der Waals surface area (Å²) in [5, 5.41) is 2.18. The van der Waals surface area contributed by atoms with Gasteiger partial charge in [-0.1, -0.05) is 30.3 Å². The number of rotatable bonds is 3. The Kier molecular flexibility index (Phi) is 4.42. The van der Waals surface area contributed by atoms with E-state index in [9.17, 15) is 4.79 Å². The van der Waals surface area contributed by atoms with E-state index in [0.29, 0.717) is 6.42 Å². The molecule has 126 valence electrons. The fraction of sp³-hybridized carbons (Fsp3) is 0.450. The van der Waals surface area contributed by atoms with Gasteiger partial charge in [0.05, 0.1) is 6.61 Å². The highest BCUT2D eigenvalue weighted by Gasteiger charge is 2.42. The van der Waals surface area contributed by atoms with Crippen LogP contribution >= 0.6 is 11.3 Å². The van der Waals surface area contributed by atoms with Crippen molar-refractivity contribution in [2.45, 2.75) is 37.7 Å². The molecular weight excluding hydrogens is 318 g/mol. The average molecular weight is 341 g/mol. The number of ether oxygens (including phenoxy) is 1. The summed E-state index contributed by atoms with van der Waals surface area (Å²) in [6, 6.07) is 12.5. The van der Waals surface area contributed by atoms with Crippen molar-refractivity contribution in [3.63, 3.8) is 0 Å². The number of likely N-dealkylation sites (tertiary alicyclic amines) is 1. The number of fused-ring (bicyclic) bond motifs is 2. The van der Waals surface area contributed by atoms with Gasteiger partial charge in [0.25, 0.3) is 0 Å². The van der Waals surface area contributed by atoms with E-state index in [-0.39, 0.29) is 11.5 Å². The smallest absolute Gasteiger partial charge is 0.222 e. The Morgan fingerprint density at radius 3 is 2.75 bits per heavy atom. The molecular formula is C20H23NO2S. The first-order valence-electron chi connectivity index (χ1n) is 8.79. The van der Waals surface area contributed by atoms with E-state index in [4.69, 9.17) is 4.74 Å². The number of carbonyl (C=O) groups is 1. The predicted octanol–water partition coefficient (Wildman–Crippen LogP) is 3.77. The number of nitrogens with zero attached hydrogens (tertiary/aromatic N) is 1. The lowest BCUT2D eigenvalue weighted by Gasteiger charge is -2.43. The third-order valence-electron chi connectivity index (χ3n) is 5.30. The maximum Gasteiger partial charge on any atom is 0.222 e. The Bertz CT molecular complexity index is 701. The second kappa shape index (κ2) is 6.69. The van der Waals surface area contributed by atoms with E-state index in [1.165, 1.54) is 16.0 Å². The van der Waals surface area contributed by atoms with Crippen LogP contribution in [0.3, 0.4) is 0 Å². The lowest BCUT2D eigenvalue weighted by molar-refractivity contribution is -0.140. The van der Waals surface area contributed by atoms with Gasteiger partial charge in [-0.15, -0.1) is 11.3 Å². The predicted molar refractivity (Wildman–Crippen MR) is 96.2 cm³/mol. The molecule has 2 aliphatic heterocycles. The number of aryl methyl sites for hydroxylation is 1. The molecule has 24 heavy (non-hydrogen) atoms. The van der Waals surface area contributed by atoms with Crippen molar-refractivity contribution in [1.29, 1.82) is 0 Å². The molecule has 2 aromatic rings. The molecule has 0 unspecified atom stereocenters. The molecule has 1 saturated heterocycles. The highest BCUT2D eigenvalue weighted by atomic mass is 32.1. The highest BCUT2D eigenvalue weighted by molar-refractivity contribution is 7.10. The second-order valence-corrected chi connectivity index (χ2v) is 7.65. The Hall–Kier alpha value is -1.65. The first-order valence-corrected chi connectivity index (χ1v) is 9.67. The molecule has 0 atom stereocenters. The quantitative estimate of drug-likeness (QED) is 0.850. The third-order valence-corrected chi connectivity index (χ3v) is 6.45. The number of benzene rings is 1. The molecule has 2 aliphatic rings. The Balaban J connectivity index is 1.36. The lowest BCUT2D eigenvalue weighted by Crippen LogP contribution is -2.47. The Morgan fingerprint density at radius 1 is 1.17 bits per heavy atom. The van der Waals surface area contributed by atoms with Gasteiger partial charge in [-0.05, 0) is 48.3 Å². The molecule has 0 radical (unpaired) electrons. The van der Waals surface area contributed by atoms with Crippen molar-refractivity contribution in [3.05, 3.63) is 57.8 Å². The number of piperidine rings is 1. The SMILES string of the molecule is O=C(CCc1ccccc1)N1CCC2(CC1)OCCc1ccsc12. The van der Waals surface area contributed by atoms with Crippen LogP contribution in [0.2, 0.25) is 0 Å². The van der Waals surface area contributed by atoms with Crippen molar-refractivity contribution >= 4 is 17.2 Å². The van der Waals surface area contributed by atoms with E-state index < -0.39 is 0 Å². The van der Waals surface area contributed by atoms with E-state index >= 15 is 0 Å². The molecule has 0 bridgehead atoms. The number of hydrogen-bond acceptors (Lipinski definition) is 3. The van der Waals surface area contributed by atoms with Gasteiger partial charge in [-0.3, -0.25) is 4.79 Å². The standard InChI is InChI=1S/C20H23NO2S/c22-18(7-6-16-4-2-1-3-5-16)21-12-10-20(11-13-21)19-17(8-14-23-20)9-15-24-19/h1-5,9,15H,6-8,10-14H2. The van der Waals surface area contributed by atoms with Crippen LogP contribution in [-0.4, -0.2) is 30.5 Å². The summed E-state index contributed by atoms with van der Waals surface area (Å²) in [7, 11) is 0. The van der Waals surface area contributed by atoms with Crippen molar-refractivity contribution in [2.75, 3.05) is 19.7 Å². The van der Waals surface area contributed by atoms with Gasteiger partial charge in [0.15, 0.2) is 0 Å². The van der Waals surface area contributed by atoms with E-state index in [0.717, 1.165) is 45.4 Å². The van der Waals surface area contributed by atoms with Crippen molar-refractivity contribution < 1.29 is 9.53 Å². The molecule has 1 aromatic heterocycles. The highest BCUT2D eigenvalue weighted by Crippen LogP contribution is 2.44. The molecule has 4 heteroatoms. The van der Waals surface area contributed by atoms with E-state index in [2.05, 4.69) is 23.6 Å². The maximum absolute atomic E-state index is 12.5. The van der Waals surface area contributed by atoms with Gasteiger partial charge < -0.3 is 9.64 Å². The largest absolute Gasteiger partial charge is 0.369 e. The zero-order valence-corrected chi connectivity index (χ0v) is 14.7. The number of carbonyl (C=O) groups excluding carboxylic acids is 1. The van der Waals surface area contributed by atoms with Crippen LogP contribution in [0, 0.1) is 0 Å². The zero-order valence-electron chi connectivity index (χ0n) is 13.9. The van der Waals surface area contributed by atoms with Gasteiger partial charge in [-0.2, -0.15) is 0 Å². The number of thiophene rings is 1. The molecule has 3 nitrogen and oxygen atoms in total. The molecule has 0 saturated carbocycles. The number of hydrogen-bond donors (Lipinski definition) is 0. The Morgan fingerprint density at radius 2 is 1.96 bits per heavy atom. The summed E-state index contributed by atoms with van der Waals surface area (Å²) in [5.41, 5.74) is 2.56. The fourth-order valence-corrected chi connectivity index (χ4v) is 5.06. The summed E-state index contributed by atoms with van der Waals surface area (Å²) < 4.78 is 6.22. The van der Waals surface area contributed by atoms with E-state index in [1.54, 1.807) is 0 Å². The summed E-state index contributed by atoms with van der Waals surface area (Å²) in [6.45, 7) is 2.43. The minimum absolute atomic E-state index is 0.127. The molecule has 1 fully saturated rings.